The van der Waals surface area contributed by atoms with E-state index >= 15 is 0 Å². The van der Waals surface area contributed by atoms with E-state index in [1.807, 2.05) is 0 Å². The van der Waals surface area contributed by atoms with Crippen LogP contribution < -0.4 is 0 Å². The third-order valence-corrected chi connectivity index (χ3v) is 0. The number of hydrogen-bond donors (Lipinski definition) is 0. The van der Waals surface area contributed by atoms with Gasteiger partial charge in [0.25, 0.3) is 0 Å². The first-order chi connectivity index (χ1) is 1.41. The topological polar surface area (TPSA) is 9.23 Å². The summed E-state index contributed by atoms with van der Waals surface area (Å²) in [6, 6.07) is 0. The Morgan fingerprint density at radius 2 is 1.25 bits per heavy atom. The normalized spacial score (nSPS) is 4.50. The van der Waals surface area contributed by atoms with E-state index in [1.165, 1.54) is 5.15 Å². The zero-order valence-electron chi connectivity index (χ0n) is 1.57. The molecule has 0 amide bonds. The van der Waals surface area contributed by atoms with Gasteiger partial charge in [-0.25, -0.2) is 0 Å². The lowest BCUT2D eigenvalue weighted by Gasteiger charge is -1.41. The molecule has 0 heterocycles. The lowest BCUT2D eigenvalue weighted by Crippen LogP contribution is -1.26. The highest BCUT2D eigenvalue weighted by molar-refractivity contribution is 7.37. The molecular formula is F2OS+6. The van der Waals surface area contributed by atoms with Crippen LogP contribution in [-0.2, 0) is 18.6 Å². The van der Waals surface area contributed by atoms with Crippen LogP contribution in [0, 0.1) is 0 Å². The average molecular weight is 86.1 g/mol. The van der Waals surface area contributed by atoms with E-state index in [9.17, 15) is 0 Å². The molecule has 0 aliphatic carbocycles. The van der Waals surface area contributed by atoms with Gasteiger partial charge in [0.2, 0.25) is 0 Å². The van der Waals surface area contributed by atoms with E-state index < -0.39 is 0 Å². The zero-order valence-corrected chi connectivity index (χ0v) is 2.39. The van der Waals surface area contributed by atoms with Crippen LogP contribution in [0.1, 0.15) is 0 Å². The molecule has 0 bridgehead atoms. The molecule has 0 saturated carbocycles. The summed E-state index contributed by atoms with van der Waals surface area (Å²) in [4.78, 5) is 0. The van der Waals surface area contributed by atoms with Gasteiger partial charge < -0.3 is 0 Å². The monoisotopic (exact) mass is 86.0 g/mol. The van der Waals surface area contributed by atoms with Crippen molar-refractivity contribution in [1.29, 1.82) is 0 Å². The van der Waals surface area contributed by atoms with E-state index in [2.05, 4.69) is 0 Å². The Labute approximate surface area is 28.8 Å². The fourth-order valence-corrected chi connectivity index (χ4v) is 0. The second-order valence-corrected chi connectivity index (χ2v) is 0.0583. The Morgan fingerprint density at radius 3 is 1.25 bits per heavy atom. The van der Waals surface area contributed by atoms with Crippen molar-refractivity contribution in [1.82, 2.24) is 0 Å². The highest BCUT2D eigenvalue weighted by atomic mass is 32.1. The summed E-state index contributed by atoms with van der Waals surface area (Å²) in [5, 5.41) is 1.25. The molecule has 0 aromatic rings. The van der Waals surface area contributed by atoms with E-state index in [1.54, 1.807) is 0 Å². The van der Waals surface area contributed by atoms with Crippen molar-refractivity contribution >= 4 is 13.5 Å². The van der Waals surface area contributed by atoms with Gasteiger partial charge in [0, 0.05) is 5.15 Å². The number of hydrogen-bond acceptors (Lipinski definition) is 1. The van der Waals surface area contributed by atoms with Gasteiger partial charge in [-0.1, -0.05) is 0 Å². The Hall–Kier alpha value is 0.170. The summed E-state index contributed by atoms with van der Waals surface area (Å²) in [5.74, 6) is 0. The molecule has 0 rings (SSSR count). The summed E-state index contributed by atoms with van der Waals surface area (Å²) < 4.78 is 18.2. The van der Waals surface area contributed by atoms with Crippen molar-refractivity contribution in [3.8, 4) is 0 Å². The van der Waals surface area contributed by atoms with Gasteiger partial charge in [-0.05, 0) is 9.05 Å². The van der Waals surface area contributed by atoms with Crippen molar-refractivity contribution in [2.75, 3.05) is 0 Å². The molecule has 0 unspecified atom stereocenters. The molecule has 4 heavy (non-hydrogen) atoms. The van der Waals surface area contributed by atoms with Gasteiger partial charge in [-0.15, -0.1) is 0 Å². The maximum Gasteiger partial charge on any atom is 6.00 e. The van der Waals surface area contributed by atoms with Crippen molar-refractivity contribution in [2.45, 2.75) is 0 Å². The van der Waals surface area contributed by atoms with Gasteiger partial charge in [0.15, 0.2) is 0 Å². The molecule has 1 nitrogen and oxygen atoms in total. The third-order valence-electron chi connectivity index (χ3n) is 0. The van der Waals surface area contributed by atoms with Crippen LogP contribution in [0.15, 0.2) is 0 Å². The molecule has 0 aromatic carbocycles. The second-order valence-electron chi connectivity index (χ2n) is 0.0583. The predicted molar refractivity (Wildman–Crippen MR) is 10.7 cm³/mol. The first-order valence-corrected chi connectivity index (χ1v) is 0.309. The van der Waals surface area contributed by atoms with Crippen LogP contribution in [0.2, 0.25) is 0 Å². The van der Waals surface area contributed by atoms with E-state index in [0.29, 0.717) is 0 Å². The molecule has 0 aliphatic rings. The van der Waals surface area contributed by atoms with Gasteiger partial charge >= 0.3 is 13.5 Å². The van der Waals surface area contributed by atoms with Crippen molar-refractivity contribution in [2.24, 2.45) is 0 Å². The molecule has 0 spiro atoms. The van der Waals surface area contributed by atoms with Gasteiger partial charge in [0.1, 0.15) is 0 Å². The molecule has 20 valence electrons. The summed E-state index contributed by atoms with van der Waals surface area (Å²) in [7, 11) is 0. The minimum Gasteiger partial charge on any atom is -0.0104 e. The smallest absolute Gasteiger partial charge is 0.0104 e. The molecular weight excluding hydrogens is 86.1 g/mol. The Balaban J connectivity index is 0. The van der Waals surface area contributed by atoms with E-state index in [4.69, 9.17) is 9.05 Å². The van der Waals surface area contributed by atoms with Crippen molar-refractivity contribution < 1.29 is 14.2 Å². The maximum atomic E-state index is 9.12. The van der Waals surface area contributed by atoms with E-state index in [0.717, 1.165) is 0 Å². The van der Waals surface area contributed by atoms with Crippen molar-refractivity contribution in [3.05, 3.63) is 0 Å². The average Bonchev–Trinajstić information content (AvgIpc) is 0.918. The lowest BCUT2D eigenvalue weighted by molar-refractivity contribution is -0.317. The van der Waals surface area contributed by atoms with Crippen LogP contribution in [0.3, 0.4) is 0 Å². The molecule has 0 aromatic heterocycles. The first kappa shape index (κ1) is 8.90. The second kappa shape index (κ2) is 10.9. The molecule has 0 atom stereocenters. The first-order valence-electron chi connectivity index (χ1n) is 0.309. The molecule has 0 aliphatic heterocycles. The molecule has 0 fully saturated rings. The van der Waals surface area contributed by atoms with Gasteiger partial charge in [-0.2, -0.15) is 0 Å². The Kier molecular flexibility index (Phi) is 24.3. The SMILES string of the molecule is FOF.[S+6]. The minimum atomic E-state index is 0. The maximum absolute atomic E-state index is 9.12. The number of rotatable bonds is 0. The van der Waals surface area contributed by atoms with Crippen LogP contribution in [0.4, 0.5) is 9.05 Å². The Morgan fingerprint density at radius 1 is 1.25 bits per heavy atom. The Bertz CT molecular complexity index is 6.00. The number of halogens is 2. The molecule has 0 radical (unpaired) electrons. The summed E-state index contributed by atoms with van der Waals surface area (Å²) in [5.41, 5.74) is 0. The van der Waals surface area contributed by atoms with Gasteiger partial charge in [-0.3, -0.25) is 0 Å². The summed E-state index contributed by atoms with van der Waals surface area (Å²) in [6.07, 6.45) is 0. The van der Waals surface area contributed by atoms with Crippen LogP contribution in [0.5, 0.6) is 0 Å². The van der Waals surface area contributed by atoms with E-state index in [-0.39, 0.29) is 13.5 Å². The highest BCUT2D eigenvalue weighted by Crippen LogP contribution is 1.61. The van der Waals surface area contributed by atoms with Gasteiger partial charge in [0.05, 0.1) is 0 Å². The summed E-state index contributed by atoms with van der Waals surface area (Å²) in [6.45, 7) is 0. The highest BCUT2D eigenvalue weighted by Gasteiger charge is 6.00. The molecule has 0 N–H and O–H groups in total. The van der Waals surface area contributed by atoms with Crippen LogP contribution in [-0.4, -0.2) is 0 Å². The zero-order chi connectivity index (χ0) is 2.71. The molecule has 0 saturated heterocycles. The fraction of sp³-hybridized carbons (Fsp3) is 0. The van der Waals surface area contributed by atoms with Crippen molar-refractivity contribution in [3.63, 3.8) is 0 Å². The fourth-order valence-electron chi connectivity index (χ4n) is 0. The largest absolute Gasteiger partial charge is 6.00 e. The van der Waals surface area contributed by atoms with Crippen LogP contribution in [0.25, 0.3) is 0 Å². The minimum absolute atomic E-state index is 0. The quantitative estimate of drug-likeness (QED) is 0.423. The van der Waals surface area contributed by atoms with Crippen LogP contribution >= 0.6 is 0 Å². The lowest BCUT2D eigenvalue weighted by atomic mass is 15.4. The molecule has 4 heteroatoms. The third kappa shape index (κ3) is 103. The standard InChI is InChI=1S/F2O.S/c1-3-2;/q;+6. The summed E-state index contributed by atoms with van der Waals surface area (Å²) >= 11 is 0. The predicted octanol–water partition coefficient (Wildman–Crippen LogP) is 0.770.